The van der Waals surface area contributed by atoms with E-state index in [0.29, 0.717) is 6.54 Å². The minimum absolute atomic E-state index is 0.572. The SMILES string of the molecule is CCCCN(CCCC)Cc1ccc(CN)cn1. The quantitative estimate of drug-likeness (QED) is 0.731. The summed E-state index contributed by atoms with van der Waals surface area (Å²) < 4.78 is 0. The second-order valence-corrected chi connectivity index (χ2v) is 4.85. The summed E-state index contributed by atoms with van der Waals surface area (Å²) in [6.07, 6.45) is 6.94. The molecule has 0 atom stereocenters. The van der Waals surface area contributed by atoms with E-state index in [9.17, 15) is 0 Å². The summed E-state index contributed by atoms with van der Waals surface area (Å²) >= 11 is 0. The van der Waals surface area contributed by atoms with Crippen LogP contribution < -0.4 is 5.73 Å². The lowest BCUT2D eigenvalue weighted by Gasteiger charge is -2.21. The van der Waals surface area contributed by atoms with E-state index in [1.165, 1.54) is 38.8 Å². The fraction of sp³-hybridized carbons (Fsp3) is 0.667. The van der Waals surface area contributed by atoms with Crippen molar-refractivity contribution in [1.29, 1.82) is 0 Å². The van der Waals surface area contributed by atoms with Gasteiger partial charge >= 0.3 is 0 Å². The molecule has 1 aromatic rings. The van der Waals surface area contributed by atoms with Crippen LogP contribution in [0.25, 0.3) is 0 Å². The highest BCUT2D eigenvalue weighted by atomic mass is 15.1. The van der Waals surface area contributed by atoms with Crippen molar-refractivity contribution in [2.24, 2.45) is 5.73 Å². The van der Waals surface area contributed by atoms with E-state index in [4.69, 9.17) is 5.73 Å². The average molecular weight is 249 g/mol. The summed E-state index contributed by atoms with van der Waals surface area (Å²) in [5.41, 5.74) is 7.84. The van der Waals surface area contributed by atoms with E-state index in [0.717, 1.165) is 17.8 Å². The molecule has 2 N–H and O–H groups in total. The minimum Gasteiger partial charge on any atom is -0.326 e. The number of nitrogens with zero attached hydrogens (tertiary/aromatic N) is 2. The lowest BCUT2D eigenvalue weighted by Crippen LogP contribution is -2.26. The van der Waals surface area contributed by atoms with Crippen LogP contribution in [0.2, 0.25) is 0 Å². The number of aromatic nitrogens is 1. The molecule has 0 aliphatic carbocycles. The Hall–Kier alpha value is -0.930. The molecule has 0 saturated carbocycles. The molecular formula is C15H27N3. The van der Waals surface area contributed by atoms with Gasteiger partial charge in [0, 0.05) is 19.3 Å². The Morgan fingerprint density at radius 1 is 1.11 bits per heavy atom. The van der Waals surface area contributed by atoms with E-state index < -0.39 is 0 Å². The van der Waals surface area contributed by atoms with Crippen LogP contribution in [-0.4, -0.2) is 23.0 Å². The topological polar surface area (TPSA) is 42.1 Å². The monoisotopic (exact) mass is 249 g/mol. The van der Waals surface area contributed by atoms with Gasteiger partial charge in [0.2, 0.25) is 0 Å². The molecule has 3 heteroatoms. The van der Waals surface area contributed by atoms with E-state index in [2.05, 4.69) is 35.9 Å². The maximum Gasteiger partial charge on any atom is 0.0544 e. The molecule has 102 valence electrons. The molecular weight excluding hydrogens is 222 g/mol. The van der Waals surface area contributed by atoms with Crippen LogP contribution in [0.4, 0.5) is 0 Å². The zero-order valence-electron chi connectivity index (χ0n) is 11.9. The van der Waals surface area contributed by atoms with Crippen molar-refractivity contribution in [3.05, 3.63) is 29.6 Å². The van der Waals surface area contributed by atoms with Gasteiger partial charge in [0.25, 0.3) is 0 Å². The summed E-state index contributed by atoms with van der Waals surface area (Å²) in [7, 11) is 0. The third-order valence-corrected chi connectivity index (χ3v) is 3.16. The summed E-state index contributed by atoms with van der Waals surface area (Å²) in [6.45, 7) is 8.37. The predicted octanol–water partition coefficient (Wildman–Crippen LogP) is 2.94. The summed E-state index contributed by atoms with van der Waals surface area (Å²) in [5.74, 6) is 0. The maximum atomic E-state index is 5.58. The second kappa shape index (κ2) is 9.06. The first kappa shape index (κ1) is 15.1. The van der Waals surface area contributed by atoms with E-state index >= 15 is 0 Å². The average Bonchev–Trinajstić information content (AvgIpc) is 2.42. The van der Waals surface area contributed by atoms with Crippen molar-refractivity contribution in [3.8, 4) is 0 Å². The Bertz CT molecular complexity index is 300. The zero-order chi connectivity index (χ0) is 13.2. The van der Waals surface area contributed by atoms with Crippen molar-refractivity contribution in [1.82, 2.24) is 9.88 Å². The highest BCUT2D eigenvalue weighted by Crippen LogP contribution is 2.06. The van der Waals surface area contributed by atoms with Gasteiger partial charge in [-0.25, -0.2) is 0 Å². The number of unbranched alkanes of at least 4 members (excludes halogenated alkanes) is 2. The Kier molecular flexibility index (Phi) is 7.62. The van der Waals surface area contributed by atoms with Gasteiger partial charge in [-0.15, -0.1) is 0 Å². The van der Waals surface area contributed by atoms with Crippen molar-refractivity contribution in [3.63, 3.8) is 0 Å². The lowest BCUT2D eigenvalue weighted by molar-refractivity contribution is 0.254. The molecule has 1 heterocycles. The molecule has 0 spiro atoms. The lowest BCUT2D eigenvalue weighted by atomic mass is 10.2. The molecule has 1 rings (SSSR count). The molecule has 0 saturated heterocycles. The van der Waals surface area contributed by atoms with Crippen LogP contribution in [0.3, 0.4) is 0 Å². The smallest absolute Gasteiger partial charge is 0.0544 e. The summed E-state index contributed by atoms with van der Waals surface area (Å²) in [6, 6.07) is 4.19. The Morgan fingerprint density at radius 3 is 2.22 bits per heavy atom. The maximum absolute atomic E-state index is 5.58. The first-order chi connectivity index (χ1) is 8.80. The predicted molar refractivity (Wildman–Crippen MR) is 77.2 cm³/mol. The van der Waals surface area contributed by atoms with Gasteiger partial charge < -0.3 is 5.73 Å². The number of nitrogens with two attached hydrogens (primary N) is 1. The van der Waals surface area contributed by atoms with Gasteiger partial charge in [-0.2, -0.15) is 0 Å². The van der Waals surface area contributed by atoms with Crippen molar-refractivity contribution < 1.29 is 0 Å². The van der Waals surface area contributed by atoms with Crippen LogP contribution in [0, 0.1) is 0 Å². The van der Waals surface area contributed by atoms with Crippen molar-refractivity contribution >= 4 is 0 Å². The first-order valence-electron chi connectivity index (χ1n) is 7.16. The molecule has 0 aromatic carbocycles. The molecule has 3 nitrogen and oxygen atoms in total. The largest absolute Gasteiger partial charge is 0.326 e. The zero-order valence-corrected chi connectivity index (χ0v) is 11.9. The third kappa shape index (κ3) is 5.61. The summed E-state index contributed by atoms with van der Waals surface area (Å²) in [4.78, 5) is 7.00. The van der Waals surface area contributed by atoms with Crippen LogP contribution in [0.1, 0.15) is 50.8 Å². The first-order valence-corrected chi connectivity index (χ1v) is 7.16. The fourth-order valence-corrected chi connectivity index (χ4v) is 1.93. The molecule has 0 bridgehead atoms. The number of pyridine rings is 1. The van der Waals surface area contributed by atoms with E-state index in [-0.39, 0.29) is 0 Å². The van der Waals surface area contributed by atoms with Gasteiger partial charge in [0.1, 0.15) is 0 Å². The normalized spacial score (nSPS) is 11.1. The molecule has 0 radical (unpaired) electrons. The Labute approximate surface area is 111 Å². The van der Waals surface area contributed by atoms with Gasteiger partial charge in [0.05, 0.1) is 5.69 Å². The van der Waals surface area contributed by atoms with Crippen LogP contribution in [0.5, 0.6) is 0 Å². The molecule has 0 amide bonds. The Morgan fingerprint density at radius 2 is 1.78 bits per heavy atom. The summed E-state index contributed by atoms with van der Waals surface area (Å²) in [5, 5.41) is 0. The second-order valence-electron chi connectivity index (χ2n) is 4.85. The highest BCUT2D eigenvalue weighted by molar-refractivity contribution is 5.13. The van der Waals surface area contributed by atoms with Crippen molar-refractivity contribution in [2.75, 3.05) is 13.1 Å². The third-order valence-electron chi connectivity index (χ3n) is 3.16. The van der Waals surface area contributed by atoms with Gasteiger partial charge in [-0.3, -0.25) is 9.88 Å². The van der Waals surface area contributed by atoms with Crippen molar-refractivity contribution in [2.45, 2.75) is 52.6 Å². The van der Waals surface area contributed by atoms with Crippen LogP contribution in [0.15, 0.2) is 18.3 Å². The number of hydrogen-bond donors (Lipinski definition) is 1. The van der Waals surface area contributed by atoms with Gasteiger partial charge in [0.15, 0.2) is 0 Å². The highest BCUT2D eigenvalue weighted by Gasteiger charge is 2.05. The Balaban J connectivity index is 2.51. The number of rotatable bonds is 9. The van der Waals surface area contributed by atoms with E-state index in [1.54, 1.807) is 0 Å². The van der Waals surface area contributed by atoms with E-state index in [1.807, 2.05) is 6.20 Å². The van der Waals surface area contributed by atoms with Gasteiger partial charge in [-0.1, -0.05) is 32.8 Å². The standard InChI is InChI=1S/C15H27N3/c1-3-5-9-18(10-6-4-2)13-15-8-7-14(11-16)12-17-15/h7-8,12H,3-6,9-11,13,16H2,1-2H3. The minimum atomic E-state index is 0.572. The van der Waals surface area contributed by atoms with Gasteiger partial charge in [-0.05, 0) is 37.6 Å². The molecule has 0 fully saturated rings. The molecule has 1 aromatic heterocycles. The molecule has 18 heavy (non-hydrogen) atoms. The molecule has 0 unspecified atom stereocenters. The fourth-order valence-electron chi connectivity index (χ4n) is 1.93. The van der Waals surface area contributed by atoms with Crippen LogP contribution in [-0.2, 0) is 13.1 Å². The van der Waals surface area contributed by atoms with Crippen LogP contribution >= 0.6 is 0 Å². The number of hydrogen-bond acceptors (Lipinski definition) is 3. The molecule has 0 aliphatic rings. The molecule has 0 aliphatic heterocycles.